The summed E-state index contributed by atoms with van der Waals surface area (Å²) in [5, 5.41) is 6.94. The Morgan fingerprint density at radius 2 is 1.96 bits per heavy atom. The van der Waals surface area contributed by atoms with Gasteiger partial charge in [0.1, 0.15) is 5.82 Å². The lowest BCUT2D eigenvalue weighted by Crippen LogP contribution is -2.24. The van der Waals surface area contributed by atoms with E-state index in [1.807, 2.05) is 7.05 Å². The highest BCUT2D eigenvalue weighted by Gasteiger charge is 2.27. The average Bonchev–Trinajstić information content (AvgIpc) is 2.86. The first kappa shape index (κ1) is 17.7. The Hall–Kier alpha value is -2.66. The molecule has 0 saturated carbocycles. The van der Waals surface area contributed by atoms with E-state index in [0.29, 0.717) is 12.1 Å². The van der Waals surface area contributed by atoms with Gasteiger partial charge in [0, 0.05) is 24.5 Å². The van der Waals surface area contributed by atoms with Gasteiger partial charge >= 0.3 is 0 Å². The van der Waals surface area contributed by atoms with Crippen LogP contribution in [0.4, 0.5) is 4.39 Å². The summed E-state index contributed by atoms with van der Waals surface area (Å²) >= 11 is 0. The smallest absolute Gasteiger partial charge is 0.252 e. The van der Waals surface area contributed by atoms with Gasteiger partial charge in [-0.1, -0.05) is 24.3 Å². The monoisotopic (exact) mass is 365 g/mol. The van der Waals surface area contributed by atoms with E-state index in [9.17, 15) is 9.18 Å². The van der Waals surface area contributed by atoms with Crippen molar-refractivity contribution in [2.75, 3.05) is 13.6 Å². The number of amides is 1. The van der Waals surface area contributed by atoms with Crippen LogP contribution in [0.15, 0.2) is 36.4 Å². The summed E-state index contributed by atoms with van der Waals surface area (Å²) in [6, 6.07) is 11.5. The van der Waals surface area contributed by atoms with E-state index in [4.69, 9.17) is 0 Å². The molecule has 1 aromatic heterocycles. The third-order valence-electron chi connectivity index (χ3n) is 5.20. The molecule has 2 heterocycles. The molecule has 5 heteroatoms. The second-order valence-electron chi connectivity index (χ2n) is 7.37. The van der Waals surface area contributed by atoms with E-state index in [0.717, 1.165) is 40.7 Å². The van der Waals surface area contributed by atoms with Crippen molar-refractivity contribution in [3.63, 3.8) is 0 Å². The molecule has 0 atom stereocenters. The third-order valence-corrected chi connectivity index (χ3v) is 5.20. The molecule has 0 unspecified atom stereocenters. The van der Waals surface area contributed by atoms with Crippen LogP contribution < -0.4 is 10.6 Å². The molecule has 4 rings (SSSR count). The number of hydrogen-bond acceptors (Lipinski definition) is 2. The molecule has 2 N–H and O–H groups in total. The number of carbonyl (C=O) groups excluding carboxylic acids is 1. The molecule has 0 aliphatic carbocycles. The Labute approximate surface area is 158 Å². The number of hydrogen-bond donors (Lipinski definition) is 2. The number of halogens is 1. The SMILES string of the molecule is CNCc1ccc(-c2c3c4c(cc(F)cc4n2C(C)C)C(=O)NCC3)cc1. The number of benzene rings is 2. The molecule has 4 nitrogen and oxygen atoms in total. The number of rotatable bonds is 4. The highest BCUT2D eigenvalue weighted by atomic mass is 19.1. The van der Waals surface area contributed by atoms with Gasteiger partial charge in [-0.15, -0.1) is 0 Å². The second kappa shape index (κ2) is 6.82. The van der Waals surface area contributed by atoms with Gasteiger partial charge in [-0.2, -0.15) is 0 Å². The summed E-state index contributed by atoms with van der Waals surface area (Å²) in [6.45, 7) is 5.56. The van der Waals surface area contributed by atoms with Crippen molar-refractivity contribution in [3.05, 3.63) is 58.9 Å². The Kier molecular flexibility index (Phi) is 4.48. The van der Waals surface area contributed by atoms with Crippen LogP contribution in [-0.4, -0.2) is 24.1 Å². The van der Waals surface area contributed by atoms with Crippen molar-refractivity contribution in [1.29, 1.82) is 0 Å². The van der Waals surface area contributed by atoms with Crippen LogP contribution in [0.3, 0.4) is 0 Å². The zero-order chi connectivity index (χ0) is 19.1. The average molecular weight is 365 g/mol. The van der Waals surface area contributed by atoms with Gasteiger partial charge in [0.15, 0.2) is 0 Å². The predicted octanol–water partition coefficient (Wildman–Crippen LogP) is 4.03. The van der Waals surface area contributed by atoms with E-state index in [-0.39, 0.29) is 17.8 Å². The lowest BCUT2D eigenvalue weighted by atomic mass is 9.99. The number of nitrogens with zero attached hydrogens (tertiary/aromatic N) is 1. The van der Waals surface area contributed by atoms with E-state index in [1.54, 1.807) is 6.07 Å². The van der Waals surface area contributed by atoms with Crippen LogP contribution in [0.5, 0.6) is 0 Å². The van der Waals surface area contributed by atoms with Crippen LogP contribution in [0.25, 0.3) is 22.2 Å². The molecule has 2 aromatic carbocycles. The first-order valence-electron chi connectivity index (χ1n) is 9.39. The number of carbonyl (C=O) groups is 1. The Morgan fingerprint density at radius 3 is 2.63 bits per heavy atom. The highest BCUT2D eigenvalue weighted by molar-refractivity contribution is 6.10. The molecule has 0 radical (unpaired) electrons. The van der Waals surface area contributed by atoms with Crippen molar-refractivity contribution in [2.45, 2.75) is 32.9 Å². The van der Waals surface area contributed by atoms with Crippen LogP contribution in [0, 0.1) is 5.82 Å². The summed E-state index contributed by atoms with van der Waals surface area (Å²) < 4.78 is 16.5. The first-order chi connectivity index (χ1) is 13.0. The van der Waals surface area contributed by atoms with Gasteiger partial charge in [0.25, 0.3) is 5.91 Å². The normalized spacial score (nSPS) is 13.9. The van der Waals surface area contributed by atoms with Gasteiger partial charge in [-0.05, 0) is 56.1 Å². The maximum atomic E-state index is 14.3. The molecule has 0 saturated heterocycles. The van der Waals surface area contributed by atoms with E-state index in [2.05, 4.69) is 53.3 Å². The fourth-order valence-electron chi connectivity index (χ4n) is 4.14. The molecule has 0 bridgehead atoms. The van der Waals surface area contributed by atoms with E-state index in [1.165, 1.54) is 11.6 Å². The minimum absolute atomic E-state index is 0.144. The van der Waals surface area contributed by atoms with Crippen LogP contribution in [0.2, 0.25) is 0 Å². The Balaban J connectivity index is 2.04. The third kappa shape index (κ3) is 2.92. The van der Waals surface area contributed by atoms with Crippen LogP contribution in [-0.2, 0) is 13.0 Å². The van der Waals surface area contributed by atoms with Crippen molar-refractivity contribution < 1.29 is 9.18 Å². The molecule has 0 spiro atoms. The quantitative estimate of drug-likeness (QED) is 0.733. The molecule has 1 aliphatic heterocycles. The molecule has 1 amide bonds. The fraction of sp³-hybridized carbons (Fsp3) is 0.318. The maximum Gasteiger partial charge on any atom is 0.252 e. The Morgan fingerprint density at radius 1 is 1.22 bits per heavy atom. The van der Waals surface area contributed by atoms with Crippen molar-refractivity contribution in [3.8, 4) is 11.3 Å². The summed E-state index contributed by atoms with van der Waals surface area (Å²) in [5.74, 6) is -0.577. The number of nitrogens with one attached hydrogen (secondary N) is 2. The van der Waals surface area contributed by atoms with Gasteiger partial charge < -0.3 is 15.2 Å². The zero-order valence-corrected chi connectivity index (χ0v) is 15.9. The minimum atomic E-state index is -0.378. The zero-order valence-electron chi connectivity index (χ0n) is 15.9. The lowest BCUT2D eigenvalue weighted by Gasteiger charge is -2.17. The lowest BCUT2D eigenvalue weighted by molar-refractivity contribution is 0.0956. The van der Waals surface area contributed by atoms with Gasteiger partial charge in [0.2, 0.25) is 0 Å². The summed E-state index contributed by atoms with van der Waals surface area (Å²) in [6.07, 6.45) is 0.730. The molecule has 0 fully saturated rings. The molecule has 1 aliphatic rings. The van der Waals surface area contributed by atoms with Gasteiger partial charge in [0.05, 0.1) is 16.8 Å². The molecular formula is C22H24FN3O. The van der Waals surface area contributed by atoms with Crippen LogP contribution in [0.1, 0.15) is 41.4 Å². The van der Waals surface area contributed by atoms with Gasteiger partial charge in [-0.3, -0.25) is 4.79 Å². The molecule has 140 valence electrons. The van der Waals surface area contributed by atoms with Crippen molar-refractivity contribution >= 4 is 16.8 Å². The topological polar surface area (TPSA) is 46.1 Å². The predicted molar refractivity (Wildman–Crippen MR) is 107 cm³/mol. The second-order valence-corrected chi connectivity index (χ2v) is 7.37. The molecule has 3 aromatic rings. The largest absolute Gasteiger partial charge is 0.352 e. The highest BCUT2D eigenvalue weighted by Crippen LogP contribution is 2.39. The fourth-order valence-corrected chi connectivity index (χ4v) is 4.14. The standard InChI is InChI=1S/C22H24FN3O/c1-13(2)26-19-11-16(23)10-18-20(19)17(8-9-25-22(18)27)21(26)15-6-4-14(5-7-15)12-24-3/h4-7,10-11,13,24H,8-9,12H2,1-3H3,(H,25,27). The summed E-state index contributed by atoms with van der Waals surface area (Å²) in [7, 11) is 1.93. The summed E-state index contributed by atoms with van der Waals surface area (Å²) in [4.78, 5) is 12.5. The first-order valence-corrected chi connectivity index (χ1v) is 9.39. The Bertz CT molecular complexity index is 1020. The molecular weight excluding hydrogens is 341 g/mol. The van der Waals surface area contributed by atoms with E-state index < -0.39 is 0 Å². The molecule has 27 heavy (non-hydrogen) atoms. The van der Waals surface area contributed by atoms with Crippen molar-refractivity contribution in [2.24, 2.45) is 0 Å². The summed E-state index contributed by atoms with van der Waals surface area (Å²) in [5.41, 5.74) is 5.73. The minimum Gasteiger partial charge on any atom is -0.352 e. The maximum absolute atomic E-state index is 14.3. The van der Waals surface area contributed by atoms with Crippen LogP contribution >= 0.6 is 0 Å². The van der Waals surface area contributed by atoms with Gasteiger partial charge in [-0.25, -0.2) is 4.39 Å². The van der Waals surface area contributed by atoms with Crippen molar-refractivity contribution in [1.82, 2.24) is 15.2 Å². The van der Waals surface area contributed by atoms with E-state index >= 15 is 0 Å². The number of aromatic nitrogens is 1.